The second kappa shape index (κ2) is 5.49. The number of benzene rings is 1. The van der Waals surface area contributed by atoms with Gasteiger partial charge in [0.1, 0.15) is 11.6 Å². The molecule has 4 nitrogen and oxygen atoms in total. The van der Waals surface area contributed by atoms with Crippen LogP contribution in [0.3, 0.4) is 0 Å². The monoisotopic (exact) mass is 275 g/mol. The van der Waals surface area contributed by atoms with Crippen LogP contribution in [0.2, 0.25) is 5.02 Å². The number of ether oxygens (including phenoxy) is 1. The molecule has 7 heteroatoms. The molecule has 0 spiro atoms. The zero-order valence-electron chi connectivity index (χ0n) is 9.37. The first-order valence-corrected chi connectivity index (χ1v) is 5.74. The standard InChI is InChI=1S/C11H12ClF2N3O/c12-7-3-1-2-6(9(7)18-11(13)14)8(15)10-16-4-5-17-10/h1-3,8,11H,4-5,15H2,(H,16,17). The summed E-state index contributed by atoms with van der Waals surface area (Å²) in [6, 6.07) is 4.04. The Hall–Kier alpha value is -1.40. The molecule has 1 heterocycles. The van der Waals surface area contributed by atoms with Crippen molar-refractivity contribution >= 4 is 17.4 Å². The van der Waals surface area contributed by atoms with Gasteiger partial charge in [0.15, 0.2) is 0 Å². The van der Waals surface area contributed by atoms with Crippen LogP contribution in [0.15, 0.2) is 23.2 Å². The quantitative estimate of drug-likeness (QED) is 0.883. The molecule has 1 atom stereocenters. The summed E-state index contributed by atoms with van der Waals surface area (Å²) in [5, 5.41) is 3.09. The highest BCUT2D eigenvalue weighted by Crippen LogP contribution is 2.33. The molecule has 0 radical (unpaired) electrons. The van der Waals surface area contributed by atoms with Gasteiger partial charge in [0.05, 0.1) is 17.6 Å². The van der Waals surface area contributed by atoms with Gasteiger partial charge in [0.2, 0.25) is 0 Å². The smallest absolute Gasteiger partial charge is 0.387 e. The molecule has 0 saturated carbocycles. The molecule has 1 aliphatic rings. The summed E-state index contributed by atoms with van der Waals surface area (Å²) in [6.45, 7) is -1.64. The molecule has 2 rings (SSSR count). The van der Waals surface area contributed by atoms with Crippen molar-refractivity contribution in [1.29, 1.82) is 0 Å². The number of hydrogen-bond acceptors (Lipinski definition) is 4. The highest BCUT2D eigenvalue weighted by molar-refractivity contribution is 6.32. The van der Waals surface area contributed by atoms with Gasteiger partial charge in [-0.25, -0.2) is 0 Å². The first-order chi connectivity index (χ1) is 8.59. The van der Waals surface area contributed by atoms with E-state index in [1.807, 2.05) is 0 Å². The summed E-state index contributed by atoms with van der Waals surface area (Å²) in [4.78, 5) is 4.16. The number of hydrogen-bond donors (Lipinski definition) is 2. The number of amidine groups is 1. The number of nitrogens with two attached hydrogens (primary N) is 1. The minimum Gasteiger partial charge on any atom is -0.433 e. The molecule has 0 fully saturated rings. The maximum atomic E-state index is 12.4. The summed E-state index contributed by atoms with van der Waals surface area (Å²) >= 11 is 5.85. The van der Waals surface area contributed by atoms with Gasteiger partial charge in [-0.1, -0.05) is 23.7 Å². The van der Waals surface area contributed by atoms with Gasteiger partial charge in [0, 0.05) is 12.1 Å². The van der Waals surface area contributed by atoms with Crippen molar-refractivity contribution in [2.24, 2.45) is 10.7 Å². The van der Waals surface area contributed by atoms with E-state index in [1.54, 1.807) is 12.1 Å². The molecule has 0 saturated heterocycles. The number of alkyl halides is 2. The highest BCUT2D eigenvalue weighted by atomic mass is 35.5. The molecule has 1 aliphatic heterocycles. The van der Waals surface area contributed by atoms with Gasteiger partial charge >= 0.3 is 6.61 Å². The second-order valence-electron chi connectivity index (χ2n) is 3.71. The summed E-state index contributed by atoms with van der Waals surface area (Å²) in [7, 11) is 0. The molecule has 3 N–H and O–H groups in total. The van der Waals surface area contributed by atoms with Crippen LogP contribution in [0.5, 0.6) is 5.75 Å². The molecule has 1 unspecified atom stereocenters. The van der Waals surface area contributed by atoms with E-state index in [0.717, 1.165) is 0 Å². The SMILES string of the molecule is NC(C1=NCCN1)c1cccc(Cl)c1OC(F)F. The molecular formula is C11H12ClF2N3O. The number of aliphatic imine (C=N–C) groups is 1. The van der Waals surface area contributed by atoms with Gasteiger partial charge < -0.3 is 15.8 Å². The van der Waals surface area contributed by atoms with E-state index in [1.165, 1.54) is 6.07 Å². The molecule has 98 valence electrons. The maximum Gasteiger partial charge on any atom is 0.387 e. The highest BCUT2D eigenvalue weighted by Gasteiger charge is 2.23. The molecule has 1 aromatic rings. The fourth-order valence-corrected chi connectivity index (χ4v) is 1.98. The van der Waals surface area contributed by atoms with Crippen molar-refractivity contribution in [1.82, 2.24) is 5.32 Å². The summed E-state index contributed by atoms with van der Waals surface area (Å²) in [5.74, 6) is 0.453. The molecule has 0 aromatic heterocycles. The lowest BCUT2D eigenvalue weighted by atomic mass is 10.1. The molecule has 0 bridgehead atoms. The topological polar surface area (TPSA) is 59.6 Å². The third-order valence-electron chi connectivity index (χ3n) is 2.53. The molecule has 0 amide bonds. The Bertz CT molecular complexity index is 468. The number of rotatable bonds is 4. The zero-order chi connectivity index (χ0) is 13.1. The van der Waals surface area contributed by atoms with Gasteiger partial charge in [-0.2, -0.15) is 8.78 Å². The van der Waals surface area contributed by atoms with Crippen LogP contribution in [-0.2, 0) is 0 Å². The van der Waals surface area contributed by atoms with E-state index < -0.39 is 12.7 Å². The molecular weight excluding hydrogens is 264 g/mol. The Kier molecular flexibility index (Phi) is 3.98. The third-order valence-corrected chi connectivity index (χ3v) is 2.83. The fourth-order valence-electron chi connectivity index (χ4n) is 1.76. The van der Waals surface area contributed by atoms with E-state index in [-0.39, 0.29) is 10.8 Å². The first-order valence-electron chi connectivity index (χ1n) is 5.36. The van der Waals surface area contributed by atoms with E-state index in [0.29, 0.717) is 24.5 Å². The van der Waals surface area contributed by atoms with Gasteiger partial charge in [-0.15, -0.1) is 0 Å². The van der Waals surface area contributed by atoms with E-state index in [9.17, 15) is 8.78 Å². The normalized spacial score (nSPS) is 16.4. The molecule has 0 aliphatic carbocycles. The van der Waals surface area contributed by atoms with Crippen LogP contribution in [0.1, 0.15) is 11.6 Å². The second-order valence-corrected chi connectivity index (χ2v) is 4.12. The minimum absolute atomic E-state index is 0.0989. The summed E-state index contributed by atoms with van der Waals surface area (Å²) in [5.41, 5.74) is 6.35. The Labute approximate surface area is 108 Å². The average molecular weight is 276 g/mol. The lowest BCUT2D eigenvalue weighted by Gasteiger charge is -2.18. The number of nitrogens with zero attached hydrogens (tertiary/aromatic N) is 1. The maximum absolute atomic E-state index is 12.4. The average Bonchev–Trinajstić information content (AvgIpc) is 2.84. The van der Waals surface area contributed by atoms with Crippen molar-refractivity contribution in [3.63, 3.8) is 0 Å². The third kappa shape index (κ3) is 2.70. The van der Waals surface area contributed by atoms with Crippen LogP contribution < -0.4 is 15.8 Å². The van der Waals surface area contributed by atoms with Crippen LogP contribution >= 0.6 is 11.6 Å². The summed E-state index contributed by atoms with van der Waals surface area (Å²) < 4.78 is 29.1. The van der Waals surface area contributed by atoms with Gasteiger partial charge in [0.25, 0.3) is 0 Å². The van der Waals surface area contributed by atoms with E-state index in [2.05, 4.69) is 15.0 Å². The van der Waals surface area contributed by atoms with E-state index in [4.69, 9.17) is 17.3 Å². The van der Waals surface area contributed by atoms with Gasteiger partial charge in [-0.3, -0.25) is 4.99 Å². The largest absolute Gasteiger partial charge is 0.433 e. The Morgan fingerprint density at radius 2 is 2.22 bits per heavy atom. The van der Waals surface area contributed by atoms with Crippen molar-refractivity contribution < 1.29 is 13.5 Å². The lowest BCUT2D eigenvalue weighted by Crippen LogP contribution is -2.31. The van der Waals surface area contributed by atoms with Crippen molar-refractivity contribution in [3.05, 3.63) is 28.8 Å². The predicted octanol–water partition coefficient (Wildman–Crippen LogP) is 1.94. The molecule has 1 aromatic carbocycles. The number of para-hydroxylation sites is 1. The fraction of sp³-hybridized carbons (Fsp3) is 0.364. The van der Waals surface area contributed by atoms with Crippen LogP contribution in [-0.4, -0.2) is 25.5 Å². The van der Waals surface area contributed by atoms with Crippen LogP contribution in [0, 0.1) is 0 Å². The Morgan fingerprint density at radius 3 is 2.83 bits per heavy atom. The van der Waals surface area contributed by atoms with Crippen LogP contribution in [0.25, 0.3) is 0 Å². The van der Waals surface area contributed by atoms with Crippen molar-refractivity contribution in [3.8, 4) is 5.75 Å². The van der Waals surface area contributed by atoms with Gasteiger partial charge in [-0.05, 0) is 6.07 Å². The predicted molar refractivity (Wildman–Crippen MR) is 65.3 cm³/mol. The minimum atomic E-state index is -2.95. The van der Waals surface area contributed by atoms with Crippen LogP contribution in [0.4, 0.5) is 8.78 Å². The van der Waals surface area contributed by atoms with Crippen molar-refractivity contribution in [2.45, 2.75) is 12.7 Å². The molecule has 18 heavy (non-hydrogen) atoms. The lowest BCUT2D eigenvalue weighted by molar-refractivity contribution is -0.0504. The zero-order valence-corrected chi connectivity index (χ0v) is 10.1. The van der Waals surface area contributed by atoms with Crippen molar-refractivity contribution in [2.75, 3.05) is 13.1 Å². The number of nitrogens with one attached hydrogen (secondary N) is 1. The Morgan fingerprint density at radius 1 is 1.44 bits per heavy atom. The van der Waals surface area contributed by atoms with E-state index >= 15 is 0 Å². The first kappa shape index (κ1) is 13.0. The summed E-state index contributed by atoms with van der Waals surface area (Å²) in [6.07, 6.45) is 0. The Balaban J connectivity index is 2.33. The number of halogens is 3.